The highest BCUT2D eigenvalue weighted by atomic mass is 32.1. The molecule has 0 saturated heterocycles. The zero-order valence-corrected chi connectivity index (χ0v) is 13.0. The van der Waals surface area contributed by atoms with Gasteiger partial charge in [0.05, 0.1) is 20.9 Å². The number of hydrogen-bond donors (Lipinski definition) is 0. The number of fused-ring (bicyclic) bond motifs is 1. The fourth-order valence-electron chi connectivity index (χ4n) is 2.24. The van der Waals surface area contributed by atoms with E-state index < -0.39 is 0 Å². The Morgan fingerprint density at radius 1 is 1.24 bits per heavy atom. The van der Waals surface area contributed by atoms with Crippen molar-refractivity contribution >= 4 is 21.6 Å². The minimum absolute atomic E-state index is 0.410. The molecule has 0 amide bonds. The summed E-state index contributed by atoms with van der Waals surface area (Å²) < 4.78 is 1.26. The van der Waals surface area contributed by atoms with E-state index in [1.807, 2.05) is 12.3 Å². The first-order chi connectivity index (χ1) is 10.2. The highest BCUT2D eigenvalue weighted by Gasteiger charge is 2.13. The number of likely N-dealkylation sites (N-methyl/N-ethyl adjacent to an activating group) is 1. The van der Waals surface area contributed by atoms with Crippen molar-refractivity contribution in [3.05, 3.63) is 53.6 Å². The monoisotopic (exact) mass is 298 g/mol. The Morgan fingerprint density at radius 2 is 2.10 bits per heavy atom. The van der Waals surface area contributed by atoms with Crippen LogP contribution in [0.2, 0.25) is 0 Å². The molecular formula is C16H18N4S. The standard InChI is InChI=1S/C16H18N4S/c1-12(20(2)11-13-10-17-7-8-18-13)9-16-19-14-5-3-4-6-15(14)21-16/h3-8,10,12H,9,11H2,1-2H3. The van der Waals surface area contributed by atoms with Crippen molar-refractivity contribution in [3.8, 4) is 0 Å². The van der Waals surface area contributed by atoms with Crippen molar-refractivity contribution < 1.29 is 0 Å². The van der Waals surface area contributed by atoms with Gasteiger partial charge in [-0.25, -0.2) is 4.98 Å². The molecule has 0 spiro atoms. The molecule has 0 saturated carbocycles. The van der Waals surface area contributed by atoms with Gasteiger partial charge >= 0.3 is 0 Å². The lowest BCUT2D eigenvalue weighted by Gasteiger charge is -2.23. The van der Waals surface area contributed by atoms with Crippen LogP contribution in [0.3, 0.4) is 0 Å². The summed E-state index contributed by atoms with van der Waals surface area (Å²) in [4.78, 5) is 15.4. The number of nitrogens with zero attached hydrogens (tertiary/aromatic N) is 4. The van der Waals surface area contributed by atoms with Crippen molar-refractivity contribution in [2.24, 2.45) is 0 Å². The zero-order valence-electron chi connectivity index (χ0n) is 12.2. The summed E-state index contributed by atoms with van der Waals surface area (Å²) in [5.41, 5.74) is 2.09. The van der Waals surface area contributed by atoms with Crippen LogP contribution in [0.25, 0.3) is 10.2 Å². The van der Waals surface area contributed by atoms with E-state index in [4.69, 9.17) is 4.98 Å². The predicted molar refractivity (Wildman–Crippen MR) is 86.3 cm³/mol. The Labute approximate surface area is 128 Å². The van der Waals surface area contributed by atoms with E-state index in [-0.39, 0.29) is 0 Å². The van der Waals surface area contributed by atoms with E-state index >= 15 is 0 Å². The molecule has 1 atom stereocenters. The fourth-order valence-corrected chi connectivity index (χ4v) is 3.33. The molecule has 2 heterocycles. The summed E-state index contributed by atoms with van der Waals surface area (Å²) in [6.07, 6.45) is 6.21. The zero-order chi connectivity index (χ0) is 14.7. The molecule has 0 aliphatic heterocycles. The normalized spacial score (nSPS) is 12.9. The molecule has 3 rings (SSSR count). The van der Waals surface area contributed by atoms with Crippen LogP contribution in [0.5, 0.6) is 0 Å². The number of para-hydroxylation sites is 1. The Balaban J connectivity index is 1.66. The number of rotatable bonds is 5. The molecule has 4 nitrogen and oxygen atoms in total. The van der Waals surface area contributed by atoms with Gasteiger partial charge in [0.2, 0.25) is 0 Å². The largest absolute Gasteiger partial charge is 0.297 e. The third kappa shape index (κ3) is 3.43. The molecule has 0 aliphatic rings. The summed E-state index contributed by atoms with van der Waals surface area (Å²) in [6.45, 7) is 3.03. The molecule has 0 radical (unpaired) electrons. The molecule has 0 fully saturated rings. The van der Waals surface area contributed by atoms with Gasteiger partial charge in [0.25, 0.3) is 0 Å². The summed E-state index contributed by atoms with van der Waals surface area (Å²) >= 11 is 1.78. The Hall–Kier alpha value is -1.85. The SMILES string of the molecule is CC(Cc1nc2ccccc2s1)N(C)Cc1cnccn1. The summed E-state index contributed by atoms with van der Waals surface area (Å²) in [7, 11) is 2.12. The van der Waals surface area contributed by atoms with Gasteiger partial charge in [-0.3, -0.25) is 14.9 Å². The lowest BCUT2D eigenvalue weighted by atomic mass is 10.2. The van der Waals surface area contributed by atoms with E-state index in [2.05, 4.69) is 47.0 Å². The highest BCUT2D eigenvalue weighted by Crippen LogP contribution is 2.23. The molecule has 0 bridgehead atoms. The Bertz CT molecular complexity index is 677. The van der Waals surface area contributed by atoms with Crippen LogP contribution < -0.4 is 0 Å². The Kier molecular flexibility index (Phi) is 4.22. The maximum absolute atomic E-state index is 4.71. The van der Waals surface area contributed by atoms with Crippen LogP contribution in [0.15, 0.2) is 42.9 Å². The van der Waals surface area contributed by atoms with E-state index in [0.717, 1.165) is 24.2 Å². The van der Waals surface area contributed by atoms with Crippen LogP contribution in [0.1, 0.15) is 17.6 Å². The van der Waals surface area contributed by atoms with Gasteiger partial charge < -0.3 is 0 Å². The van der Waals surface area contributed by atoms with Crippen molar-refractivity contribution in [3.63, 3.8) is 0 Å². The van der Waals surface area contributed by atoms with E-state index in [9.17, 15) is 0 Å². The van der Waals surface area contributed by atoms with Crippen LogP contribution in [0.4, 0.5) is 0 Å². The summed E-state index contributed by atoms with van der Waals surface area (Å²) in [5.74, 6) is 0. The van der Waals surface area contributed by atoms with E-state index in [1.54, 1.807) is 23.7 Å². The van der Waals surface area contributed by atoms with Crippen molar-refractivity contribution in [1.29, 1.82) is 0 Å². The van der Waals surface area contributed by atoms with Gasteiger partial charge in [0.15, 0.2) is 0 Å². The van der Waals surface area contributed by atoms with E-state index in [0.29, 0.717) is 6.04 Å². The summed E-state index contributed by atoms with van der Waals surface area (Å²) in [6, 6.07) is 8.71. The van der Waals surface area contributed by atoms with Crippen LogP contribution in [0, 0.1) is 0 Å². The molecule has 2 aromatic heterocycles. The second-order valence-corrected chi connectivity index (χ2v) is 6.36. The summed E-state index contributed by atoms with van der Waals surface area (Å²) in [5, 5.41) is 1.19. The molecular weight excluding hydrogens is 280 g/mol. The maximum Gasteiger partial charge on any atom is 0.0954 e. The van der Waals surface area contributed by atoms with Gasteiger partial charge in [-0.15, -0.1) is 11.3 Å². The average Bonchev–Trinajstić information content (AvgIpc) is 2.90. The van der Waals surface area contributed by atoms with Crippen molar-refractivity contribution in [2.45, 2.75) is 25.9 Å². The second-order valence-electron chi connectivity index (χ2n) is 5.24. The van der Waals surface area contributed by atoms with E-state index in [1.165, 1.54) is 9.71 Å². The van der Waals surface area contributed by atoms with Gasteiger partial charge in [-0.05, 0) is 26.1 Å². The first-order valence-electron chi connectivity index (χ1n) is 7.02. The molecule has 0 N–H and O–H groups in total. The molecule has 108 valence electrons. The molecule has 3 aromatic rings. The molecule has 1 unspecified atom stereocenters. The lowest BCUT2D eigenvalue weighted by molar-refractivity contribution is 0.245. The number of aromatic nitrogens is 3. The molecule has 1 aromatic carbocycles. The number of hydrogen-bond acceptors (Lipinski definition) is 5. The van der Waals surface area contributed by atoms with Crippen LogP contribution in [-0.2, 0) is 13.0 Å². The first-order valence-corrected chi connectivity index (χ1v) is 7.83. The lowest BCUT2D eigenvalue weighted by Crippen LogP contribution is -2.30. The van der Waals surface area contributed by atoms with Crippen LogP contribution in [-0.4, -0.2) is 32.9 Å². The predicted octanol–water partition coefficient (Wildman–Crippen LogP) is 3.15. The molecule has 0 aliphatic carbocycles. The minimum Gasteiger partial charge on any atom is -0.297 e. The molecule has 21 heavy (non-hydrogen) atoms. The second kappa shape index (κ2) is 6.28. The third-order valence-corrected chi connectivity index (χ3v) is 4.65. The first kappa shape index (κ1) is 14.1. The quantitative estimate of drug-likeness (QED) is 0.725. The smallest absolute Gasteiger partial charge is 0.0954 e. The average molecular weight is 298 g/mol. The molecule has 5 heteroatoms. The number of benzene rings is 1. The van der Waals surface area contributed by atoms with Gasteiger partial charge in [0, 0.05) is 37.6 Å². The van der Waals surface area contributed by atoms with Gasteiger partial charge in [-0.2, -0.15) is 0 Å². The maximum atomic E-state index is 4.71. The van der Waals surface area contributed by atoms with Crippen molar-refractivity contribution in [2.75, 3.05) is 7.05 Å². The van der Waals surface area contributed by atoms with Crippen molar-refractivity contribution in [1.82, 2.24) is 19.9 Å². The third-order valence-electron chi connectivity index (χ3n) is 3.59. The number of thiazole rings is 1. The van der Waals surface area contributed by atoms with Gasteiger partial charge in [-0.1, -0.05) is 12.1 Å². The Morgan fingerprint density at radius 3 is 2.86 bits per heavy atom. The van der Waals surface area contributed by atoms with Gasteiger partial charge in [0.1, 0.15) is 0 Å². The minimum atomic E-state index is 0.410. The van der Waals surface area contributed by atoms with Crippen LogP contribution >= 0.6 is 11.3 Å². The topological polar surface area (TPSA) is 41.9 Å². The highest BCUT2D eigenvalue weighted by molar-refractivity contribution is 7.18. The fraction of sp³-hybridized carbons (Fsp3) is 0.312.